The van der Waals surface area contributed by atoms with Crippen LogP contribution in [0.25, 0.3) is 0 Å². The average Bonchev–Trinajstić information content (AvgIpc) is 2.49. The minimum Gasteiger partial charge on any atom is -0.455 e. The van der Waals surface area contributed by atoms with Crippen LogP contribution in [-0.4, -0.2) is 40.7 Å². The van der Waals surface area contributed by atoms with E-state index in [1.165, 1.54) is 18.2 Å². The SMILES string of the molecule is CC(C)(C)NC(=O)NC(=O)COC(=O)CSc1ccccc1[N+](=O)[O-]. The van der Waals surface area contributed by atoms with Gasteiger partial charge in [0.25, 0.3) is 11.6 Å². The first-order chi connectivity index (χ1) is 11.6. The third kappa shape index (κ3) is 8.15. The number of carbonyl (C=O) groups is 3. The molecule has 0 atom stereocenters. The second kappa shape index (κ2) is 9.02. The molecule has 9 nitrogen and oxygen atoms in total. The van der Waals surface area contributed by atoms with E-state index in [2.05, 4.69) is 5.32 Å². The molecule has 0 aliphatic heterocycles. The molecule has 0 radical (unpaired) electrons. The van der Waals surface area contributed by atoms with E-state index >= 15 is 0 Å². The summed E-state index contributed by atoms with van der Waals surface area (Å²) >= 11 is 0.930. The first-order valence-electron chi connectivity index (χ1n) is 7.22. The number of ether oxygens (including phenoxy) is 1. The molecule has 1 aromatic rings. The molecule has 0 aliphatic carbocycles. The summed E-state index contributed by atoms with van der Waals surface area (Å²) in [5, 5.41) is 15.4. The number of nitro groups is 1. The van der Waals surface area contributed by atoms with Gasteiger partial charge < -0.3 is 10.1 Å². The highest BCUT2D eigenvalue weighted by molar-refractivity contribution is 8.00. The summed E-state index contributed by atoms with van der Waals surface area (Å²) in [5.41, 5.74) is -0.626. The van der Waals surface area contributed by atoms with Crippen molar-refractivity contribution in [3.05, 3.63) is 34.4 Å². The van der Waals surface area contributed by atoms with Crippen LogP contribution < -0.4 is 10.6 Å². The Kier molecular flexibility index (Phi) is 7.37. The van der Waals surface area contributed by atoms with E-state index in [-0.39, 0.29) is 11.4 Å². The maximum atomic E-state index is 11.6. The number of amides is 3. The number of urea groups is 1. The summed E-state index contributed by atoms with van der Waals surface area (Å²) in [5.74, 6) is -1.70. The highest BCUT2D eigenvalue weighted by Gasteiger charge is 2.18. The normalized spacial score (nSPS) is 10.7. The predicted molar refractivity (Wildman–Crippen MR) is 91.2 cm³/mol. The van der Waals surface area contributed by atoms with E-state index in [9.17, 15) is 24.5 Å². The molecule has 0 aliphatic rings. The maximum absolute atomic E-state index is 11.6. The molecule has 136 valence electrons. The predicted octanol–water partition coefficient (Wildman–Crippen LogP) is 1.85. The molecule has 3 amide bonds. The molecule has 1 rings (SSSR count). The molecule has 0 saturated carbocycles. The molecular formula is C15H19N3O6S. The second-order valence-electron chi connectivity index (χ2n) is 5.93. The molecule has 0 unspecified atom stereocenters. The Bertz CT molecular complexity index is 671. The van der Waals surface area contributed by atoms with Gasteiger partial charge in [0.1, 0.15) is 0 Å². The average molecular weight is 369 g/mol. The fourth-order valence-corrected chi connectivity index (χ4v) is 2.41. The highest BCUT2D eigenvalue weighted by atomic mass is 32.2. The van der Waals surface area contributed by atoms with Crippen molar-refractivity contribution in [2.75, 3.05) is 12.4 Å². The Labute approximate surface area is 148 Å². The third-order valence-electron chi connectivity index (χ3n) is 2.51. The number of nitro benzene ring substituents is 1. The van der Waals surface area contributed by atoms with Gasteiger partial charge in [0, 0.05) is 11.6 Å². The number of hydrogen-bond donors (Lipinski definition) is 2. The number of thioether (sulfide) groups is 1. The topological polar surface area (TPSA) is 128 Å². The zero-order valence-corrected chi connectivity index (χ0v) is 14.8. The zero-order valence-electron chi connectivity index (χ0n) is 14.0. The Balaban J connectivity index is 2.39. The minimum atomic E-state index is -0.772. The minimum absolute atomic E-state index is 0.114. The maximum Gasteiger partial charge on any atom is 0.321 e. The highest BCUT2D eigenvalue weighted by Crippen LogP contribution is 2.28. The second-order valence-corrected chi connectivity index (χ2v) is 6.94. The van der Waals surface area contributed by atoms with Crippen molar-refractivity contribution >= 4 is 35.4 Å². The van der Waals surface area contributed by atoms with Crippen molar-refractivity contribution in [3.8, 4) is 0 Å². The molecule has 0 fully saturated rings. The number of esters is 1. The van der Waals surface area contributed by atoms with Crippen molar-refractivity contribution in [1.82, 2.24) is 10.6 Å². The van der Waals surface area contributed by atoms with Crippen LogP contribution in [0.3, 0.4) is 0 Å². The quantitative estimate of drug-likeness (QED) is 0.339. The van der Waals surface area contributed by atoms with Gasteiger partial charge >= 0.3 is 12.0 Å². The van der Waals surface area contributed by atoms with E-state index in [1.807, 2.05) is 5.32 Å². The largest absolute Gasteiger partial charge is 0.455 e. The Morgan fingerprint density at radius 1 is 1.24 bits per heavy atom. The van der Waals surface area contributed by atoms with Crippen LogP contribution in [0.4, 0.5) is 10.5 Å². The molecule has 0 bridgehead atoms. The Morgan fingerprint density at radius 2 is 1.88 bits per heavy atom. The van der Waals surface area contributed by atoms with Gasteiger partial charge in [-0.1, -0.05) is 12.1 Å². The number of benzene rings is 1. The van der Waals surface area contributed by atoms with Crippen LogP contribution in [0, 0.1) is 10.1 Å². The molecule has 0 spiro atoms. The van der Waals surface area contributed by atoms with E-state index in [0.29, 0.717) is 4.90 Å². The van der Waals surface area contributed by atoms with Crippen LogP contribution in [0.15, 0.2) is 29.2 Å². The summed E-state index contributed by atoms with van der Waals surface area (Å²) in [7, 11) is 0. The smallest absolute Gasteiger partial charge is 0.321 e. The monoisotopic (exact) mass is 369 g/mol. The molecule has 25 heavy (non-hydrogen) atoms. The lowest BCUT2D eigenvalue weighted by atomic mass is 10.1. The van der Waals surface area contributed by atoms with Crippen LogP contribution in [-0.2, 0) is 14.3 Å². The van der Waals surface area contributed by atoms with E-state index < -0.39 is 35.0 Å². The number of nitrogens with zero attached hydrogens (tertiary/aromatic N) is 1. The summed E-state index contributed by atoms with van der Waals surface area (Å²) < 4.78 is 4.74. The Hall–Kier alpha value is -2.62. The van der Waals surface area contributed by atoms with Crippen LogP contribution in [0.5, 0.6) is 0 Å². The lowest BCUT2D eigenvalue weighted by Crippen LogP contribution is -2.49. The van der Waals surface area contributed by atoms with Crippen molar-refractivity contribution in [1.29, 1.82) is 0 Å². The van der Waals surface area contributed by atoms with Crippen molar-refractivity contribution < 1.29 is 24.0 Å². The number of para-hydroxylation sites is 1. The molecule has 10 heteroatoms. The zero-order chi connectivity index (χ0) is 19.0. The van der Waals surface area contributed by atoms with Gasteiger partial charge in [-0.25, -0.2) is 4.79 Å². The van der Waals surface area contributed by atoms with E-state index in [0.717, 1.165) is 11.8 Å². The van der Waals surface area contributed by atoms with Crippen molar-refractivity contribution in [2.45, 2.75) is 31.2 Å². The first-order valence-corrected chi connectivity index (χ1v) is 8.21. The van der Waals surface area contributed by atoms with Crippen LogP contribution in [0.2, 0.25) is 0 Å². The van der Waals surface area contributed by atoms with Gasteiger partial charge in [0.05, 0.1) is 15.6 Å². The first kappa shape index (κ1) is 20.4. The van der Waals surface area contributed by atoms with Crippen molar-refractivity contribution in [2.24, 2.45) is 0 Å². The summed E-state index contributed by atoms with van der Waals surface area (Å²) in [4.78, 5) is 45.3. The summed E-state index contributed by atoms with van der Waals surface area (Å²) in [6.07, 6.45) is 0. The summed E-state index contributed by atoms with van der Waals surface area (Å²) in [6.45, 7) is 4.62. The Morgan fingerprint density at radius 3 is 2.48 bits per heavy atom. The van der Waals surface area contributed by atoms with Gasteiger partial charge in [0.15, 0.2) is 6.61 Å². The molecule has 1 aromatic carbocycles. The number of rotatable bonds is 6. The standard InChI is InChI=1S/C15H19N3O6S/c1-15(2,3)17-14(21)16-12(19)8-24-13(20)9-25-11-7-5-4-6-10(11)18(22)23/h4-7H,8-9H2,1-3H3,(H2,16,17,19,21). The fraction of sp³-hybridized carbons (Fsp3) is 0.400. The van der Waals surface area contributed by atoms with Gasteiger partial charge in [0.2, 0.25) is 0 Å². The molecule has 0 saturated heterocycles. The van der Waals surface area contributed by atoms with E-state index in [4.69, 9.17) is 4.74 Å². The number of hydrogen-bond acceptors (Lipinski definition) is 7. The number of imide groups is 1. The van der Waals surface area contributed by atoms with Gasteiger partial charge in [-0.15, -0.1) is 11.8 Å². The van der Waals surface area contributed by atoms with Gasteiger partial charge in [-0.3, -0.25) is 25.0 Å². The number of nitrogens with one attached hydrogen (secondary N) is 2. The lowest BCUT2D eigenvalue weighted by molar-refractivity contribution is -0.387. The molecule has 0 aromatic heterocycles. The van der Waals surface area contributed by atoms with Gasteiger partial charge in [-0.2, -0.15) is 0 Å². The van der Waals surface area contributed by atoms with Crippen molar-refractivity contribution in [3.63, 3.8) is 0 Å². The molecular weight excluding hydrogens is 350 g/mol. The van der Waals surface area contributed by atoms with Crippen LogP contribution >= 0.6 is 11.8 Å². The van der Waals surface area contributed by atoms with E-state index in [1.54, 1.807) is 26.8 Å². The lowest BCUT2D eigenvalue weighted by Gasteiger charge is -2.20. The van der Waals surface area contributed by atoms with Gasteiger partial charge in [-0.05, 0) is 26.8 Å². The molecule has 0 heterocycles. The number of carbonyl (C=O) groups excluding carboxylic acids is 3. The molecule has 2 N–H and O–H groups in total. The summed E-state index contributed by atoms with van der Waals surface area (Å²) in [6, 6.07) is 5.28. The van der Waals surface area contributed by atoms with Crippen LogP contribution in [0.1, 0.15) is 20.8 Å². The third-order valence-corrected chi connectivity index (χ3v) is 3.55. The fourth-order valence-electron chi connectivity index (χ4n) is 1.59.